The number of thiophene rings is 1. The fourth-order valence-electron chi connectivity index (χ4n) is 1.25. The zero-order valence-corrected chi connectivity index (χ0v) is 10.3. The maximum absolute atomic E-state index is 3.49. The Morgan fingerprint density at radius 3 is 2.64 bits per heavy atom. The van der Waals surface area contributed by atoms with E-state index >= 15 is 0 Å². The first-order valence-corrected chi connectivity index (χ1v) is 6.19. The van der Waals surface area contributed by atoms with Crippen LogP contribution < -0.4 is 5.32 Å². The smallest absolute Gasteiger partial charge is 0.00578 e. The molecule has 1 aromatic rings. The summed E-state index contributed by atoms with van der Waals surface area (Å²) in [5.41, 5.74) is 0.454. The molecule has 14 heavy (non-hydrogen) atoms. The Hall–Kier alpha value is -0.340. The predicted molar refractivity (Wildman–Crippen MR) is 65.0 cm³/mol. The van der Waals surface area contributed by atoms with Crippen LogP contribution in [0.5, 0.6) is 0 Å². The van der Waals surface area contributed by atoms with Gasteiger partial charge in [0.2, 0.25) is 0 Å². The van der Waals surface area contributed by atoms with E-state index in [1.54, 1.807) is 0 Å². The average Bonchev–Trinajstić information content (AvgIpc) is 2.54. The van der Waals surface area contributed by atoms with Crippen molar-refractivity contribution in [2.75, 3.05) is 13.1 Å². The minimum absolute atomic E-state index is 0.454. The molecule has 1 N–H and O–H groups in total. The molecule has 1 aromatic heterocycles. The van der Waals surface area contributed by atoms with Crippen LogP contribution in [-0.4, -0.2) is 13.1 Å². The maximum atomic E-state index is 3.49. The molecule has 0 aliphatic heterocycles. The van der Waals surface area contributed by atoms with Gasteiger partial charge in [0.05, 0.1) is 0 Å². The number of nitrogens with one attached hydrogen (secondary N) is 1. The first kappa shape index (κ1) is 11.7. The topological polar surface area (TPSA) is 12.0 Å². The molecule has 1 nitrogen and oxygen atoms in total. The van der Waals surface area contributed by atoms with Gasteiger partial charge in [-0.1, -0.05) is 26.8 Å². The Morgan fingerprint density at radius 1 is 1.29 bits per heavy atom. The predicted octanol–water partition coefficient (Wildman–Crippen LogP) is 3.32. The lowest BCUT2D eigenvalue weighted by Gasteiger charge is -2.17. The third-order valence-electron chi connectivity index (χ3n) is 2.18. The van der Waals surface area contributed by atoms with Gasteiger partial charge in [0.15, 0.2) is 0 Å². The third kappa shape index (κ3) is 5.40. The fraction of sp³-hybridized carbons (Fsp3) is 0.667. The van der Waals surface area contributed by atoms with Crippen LogP contribution in [0.15, 0.2) is 17.5 Å². The van der Waals surface area contributed by atoms with Gasteiger partial charge >= 0.3 is 0 Å². The Balaban J connectivity index is 2.00. The third-order valence-corrected chi connectivity index (χ3v) is 3.12. The quantitative estimate of drug-likeness (QED) is 0.737. The van der Waals surface area contributed by atoms with Crippen LogP contribution in [0, 0.1) is 5.41 Å². The second kappa shape index (κ2) is 5.52. The highest BCUT2D eigenvalue weighted by Crippen LogP contribution is 2.16. The van der Waals surface area contributed by atoms with Crippen molar-refractivity contribution in [3.05, 3.63) is 22.4 Å². The van der Waals surface area contributed by atoms with Gasteiger partial charge in [-0.05, 0) is 42.8 Å². The Labute approximate surface area is 91.5 Å². The van der Waals surface area contributed by atoms with Crippen LogP contribution in [0.2, 0.25) is 0 Å². The molecule has 0 saturated heterocycles. The molecule has 0 unspecified atom stereocenters. The summed E-state index contributed by atoms with van der Waals surface area (Å²) in [6.45, 7) is 9.10. The summed E-state index contributed by atoms with van der Waals surface area (Å²) in [7, 11) is 0. The lowest BCUT2D eigenvalue weighted by molar-refractivity contribution is 0.368. The van der Waals surface area contributed by atoms with Crippen LogP contribution in [0.25, 0.3) is 0 Å². The van der Waals surface area contributed by atoms with Gasteiger partial charge in [0.25, 0.3) is 0 Å². The Bertz CT molecular complexity index is 233. The van der Waals surface area contributed by atoms with E-state index in [-0.39, 0.29) is 0 Å². The van der Waals surface area contributed by atoms with Crippen LogP contribution in [-0.2, 0) is 6.42 Å². The molecule has 1 rings (SSSR count). The molecule has 0 fully saturated rings. The minimum Gasteiger partial charge on any atom is -0.316 e. The molecule has 80 valence electrons. The zero-order chi connectivity index (χ0) is 10.4. The molecular weight excluding hydrogens is 190 g/mol. The van der Waals surface area contributed by atoms with Crippen molar-refractivity contribution >= 4 is 11.3 Å². The van der Waals surface area contributed by atoms with Crippen molar-refractivity contribution < 1.29 is 0 Å². The van der Waals surface area contributed by atoms with E-state index in [9.17, 15) is 0 Å². The summed E-state index contributed by atoms with van der Waals surface area (Å²) in [6, 6.07) is 4.32. The van der Waals surface area contributed by atoms with Gasteiger partial charge in [-0.15, -0.1) is 11.3 Å². The second-order valence-electron chi connectivity index (χ2n) is 4.89. The van der Waals surface area contributed by atoms with E-state index in [0.29, 0.717) is 5.41 Å². The van der Waals surface area contributed by atoms with Crippen molar-refractivity contribution in [1.29, 1.82) is 0 Å². The molecule has 2 heteroatoms. The van der Waals surface area contributed by atoms with Crippen LogP contribution in [0.1, 0.15) is 32.1 Å². The molecule has 0 bridgehead atoms. The molecule has 0 radical (unpaired) electrons. The van der Waals surface area contributed by atoms with Crippen molar-refractivity contribution in [1.82, 2.24) is 5.32 Å². The summed E-state index contributed by atoms with van der Waals surface area (Å²) in [5.74, 6) is 0. The fourth-order valence-corrected chi connectivity index (χ4v) is 1.96. The average molecular weight is 211 g/mol. The molecule has 0 amide bonds. The monoisotopic (exact) mass is 211 g/mol. The molecule has 0 aliphatic rings. The summed E-state index contributed by atoms with van der Waals surface area (Å²) in [6.07, 6.45) is 2.42. The van der Waals surface area contributed by atoms with Crippen LogP contribution in [0.4, 0.5) is 0 Å². The zero-order valence-electron chi connectivity index (χ0n) is 9.47. The van der Waals surface area contributed by atoms with Crippen molar-refractivity contribution in [2.45, 2.75) is 33.6 Å². The molecule has 0 atom stereocenters. The maximum Gasteiger partial charge on any atom is 0.00578 e. The number of hydrogen-bond donors (Lipinski definition) is 1. The molecular formula is C12H21NS. The highest BCUT2D eigenvalue weighted by Gasteiger charge is 2.08. The highest BCUT2D eigenvalue weighted by molar-refractivity contribution is 7.09. The van der Waals surface area contributed by atoms with Crippen molar-refractivity contribution in [2.24, 2.45) is 5.41 Å². The Morgan fingerprint density at radius 2 is 2.07 bits per heavy atom. The molecule has 1 heterocycles. The van der Waals surface area contributed by atoms with Gasteiger partial charge in [-0.25, -0.2) is 0 Å². The normalized spacial score (nSPS) is 11.9. The van der Waals surface area contributed by atoms with E-state index in [1.165, 1.54) is 17.7 Å². The van der Waals surface area contributed by atoms with Crippen molar-refractivity contribution in [3.63, 3.8) is 0 Å². The lowest BCUT2D eigenvalue weighted by atomic mass is 9.92. The standard InChI is InChI=1S/C12H21NS/c1-12(2,3)7-9-13-8-6-11-5-4-10-14-11/h4-5,10,13H,6-9H2,1-3H3. The molecule has 0 aromatic carbocycles. The second-order valence-corrected chi connectivity index (χ2v) is 5.92. The minimum atomic E-state index is 0.454. The van der Waals surface area contributed by atoms with Gasteiger partial charge < -0.3 is 5.32 Å². The molecule has 0 spiro atoms. The summed E-state index contributed by atoms with van der Waals surface area (Å²) < 4.78 is 0. The summed E-state index contributed by atoms with van der Waals surface area (Å²) in [5, 5.41) is 5.63. The van der Waals surface area contributed by atoms with Crippen LogP contribution >= 0.6 is 11.3 Å². The first-order valence-electron chi connectivity index (χ1n) is 5.31. The molecule has 0 aliphatic carbocycles. The van der Waals surface area contributed by atoms with Crippen molar-refractivity contribution in [3.8, 4) is 0 Å². The molecule has 0 saturated carbocycles. The van der Waals surface area contributed by atoms with E-state index in [4.69, 9.17) is 0 Å². The van der Waals surface area contributed by atoms with Gasteiger partial charge in [0.1, 0.15) is 0 Å². The summed E-state index contributed by atoms with van der Waals surface area (Å²) >= 11 is 1.85. The highest BCUT2D eigenvalue weighted by atomic mass is 32.1. The van der Waals surface area contributed by atoms with Gasteiger partial charge in [-0.3, -0.25) is 0 Å². The Kier molecular flexibility index (Phi) is 4.63. The van der Waals surface area contributed by atoms with E-state index < -0.39 is 0 Å². The SMILES string of the molecule is CC(C)(C)CCNCCc1cccs1. The van der Waals surface area contributed by atoms with E-state index in [0.717, 1.165) is 13.1 Å². The van der Waals surface area contributed by atoms with Gasteiger partial charge in [-0.2, -0.15) is 0 Å². The number of rotatable bonds is 5. The lowest BCUT2D eigenvalue weighted by Crippen LogP contribution is -2.22. The first-order chi connectivity index (χ1) is 6.58. The van der Waals surface area contributed by atoms with E-state index in [1.807, 2.05) is 11.3 Å². The summed E-state index contributed by atoms with van der Waals surface area (Å²) in [4.78, 5) is 1.48. The van der Waals surface area contributed by atoms with E-state index in [2.05, 4.69) is 43.6 Å². The van der Waals surface area contributed by atoms with Crippen LogP contribution in [0.3, 0.4) is 0 Å². The largest absolute Gasteiger partial charge is 0.316 e. The number of hydrogen-bond acceptors (Lipinski definition) is 2. The van der Waals surface area contributed by atoms with Gasteiger partial charge in [0, 0.05) is 4.88 Å².